The van der Waals surface area contributed by atoms with Crippen molar-refractivity contribution in [3.05, 3.63) is 0 Å². The molecule has 0 saturated carbocycles. The summed E-state index contributed by atoms with van der Waals surface area (Å²) in [4.78, 5) is 0. The van der Waals surface area contributed by atoms with Crippen LogP contribution in [0.2, 0.25) is 0 Å². The average molecular weight is 211 g/mol. The molecule has 1 atom stereocenters. The molecule has 0 aromatic carbocycles. The Morgan fingerprint density at radius 1 is 1.50 bits per heavy atom. The highest BCUT2D eigenvalue weighted by Gasteiger charge is 2.15. The summed E-state index contributed by atoms with van der Waals surface area (Å²) >= 11 is 7.59. The molecular weight excluding hydrogens is 192 g/mol. The molecule has 1 nitrogen and oxygen atoms in total. The van der Waals surface area contributed by atoms with Crippen molar-refractivity contribution < 1.29 is 4.74 Å². The average Bonchev–Trinajstić information content (AvgIpc) is 2.04. The molecule has 0 fully saturated rings. The fourth-order valence-electron chi connectivity index (χ4n) is 0.653. The summed E-state index contributed by atoms with van der Waals surface area (Å²) in [5, 5.41) is 0.555. The predicted octanol–water partition coefficient (Wildman–Crippen LogP) is 3.16. The number of halogens is 1. The minimum absolute atomic E-state index is 0.0129. The number of alkyl halides is 1. The maximum atomic E-state index is 5.68. The number of hydrogen-bond donors (Lipinski definition) is 0. The van der Waals surface area contributed by atoms with Gasteiger partial charge in [-0.3, -0.25) is 0 Å². The Kier molecular flexibility index (Phi) is 6.42. The van der Waals surface area contributed by atoms with Crippen LogP contribution < -0.4 is 0 Å². The molecule has 0 rings (SSSR count). The lowest BCUT2D eigenvalue weighted by Crippen LogP contribution is -2.23. The first-order chi connectivity index (χ1) is 5.52. The van der Waals surface area contributed by atoms with E-state index in [0.29, 0.717) is 5.25 Å². The normalized spacial score (nSPS) is 14.8. The second kappa shape index (κ2) is 6.11. The number of thioether (sulfide) groups is 1. The van der Waals surface area contributed by atoms with Gasteiger partial charge in [-0.2, -0.15) is 11.8 Å². The van der Waals surface area contributed by atoms with Crippen molar-refractivity contribution in [1.29, 1.82) is 0 Å². The Bertz CT molecular complexity index is 117. The van der Waals surface area contributed by atoms with Crippen molar-refractivity contribution in [2.45, 2.75) is 38.0 Å². The fourth-order valence-corrected chi connectivity index (χ4v) is 2.02. The van der Waals surface area contributed by atoms with Crippen molar-refractivity contribution in [1.82, 2.24) is 0 Å². The third-order valence-electron chi connectivity index (χ3n) is 1.88. The Hall–Kier alpha value is 0.600. The van der Waals surface area contributed by atoms with Crippen molar-refractivity contribution >= 4 is 23.4 Å². The largest absolute Gasteiger partial charge is 0.379 e. The third kappa shape index (κ3) is 6.15. The van der Waals surface area contributed by atoms with Gasteiger partial charge >= 0.3 is 0 Å². The SMILES string of the molecule is COC(C)(C)CCSC(C)CCl. The van der Waals surface area contributed by atoms with Crippen LogP contribution >= 0.6 is 23.4 Å². The van der Waals surface area contributed by atoms with E-state index in [9.17, 15) is 0 Å². The van der Waals surface area contributed by atoms with E-state index in [-0.39, 0.29) is 5.60 Å². The summed E-state index contributed by atoms with van der Waals surface area (Å²) in [6.45, 7) is 6.37. The molecule has 3 heteroatoms. The summed E-state index contributed by atoms with van der Waals surface area (Å²) in [6.07, 6.45) is 1.08. The molecule has 0 aromatic heterocycles. The van der Waals surface area contributed by atoms with Gasteiger partial charge in [-0.1, -0.05) is 6.92 Å². The molecule has 0 bridgehead atoms. The van der Waals surface area contributed by atoms with Gasteiger partial charge in [0.25, 0.3) is 0 Å². The van der Waals surface area contributed by atoms with Gasteiger partial charge in [0, 0.05) is 18.2 Å². The van der Waals surface area contributed by atoms with E-state index in [1.165, 1.54) is 0 Å². The van der Waals surface area contributed by atoms with E-state index in [2.05, 4.69) is 20.8 Å². The highest BCUT2D eigenvalue weighted by molar-refractivity contribution is 7.99. The lowest BCUT2D eigenvalue weighted by molar-refractivity contribution is 0.0206. The smallest absolute Gasteiger partial charge is 0.0630 e. The molecular formula is C9H19ClOS. The summed E-state index contributed by atoms with van der Waals surface area (Å²) in [6, 6.07) is 0. The van der Waals surface area contributed by atoms with Crippen molar-refractivity contribution in [2.24, 2.45) is 0 Å². The van der Waals surface area contributed by atoms with Gasteiger partial charge in [0.1, 0.15) is 0 Å². The molecule has 74 valence electrons. The molecule has 0 amide bonds. The number of hydrogen-bond acceptors (Lipinski definition) is 2. The van der Waals surface area contributed by atoms with Gasteiger partial charge in [-0.25, -0.2) is 0 Å². The lowest BCUT2D eigenvalue weighted by atomic mass is 10.1. The van der Waals surface area contributed by atoms with Gasteiger partial charge < -0.3 is 4.74 Å². The molecule has 0 spiro atoms. The van der Waals surface area contributed by atoms with Crippen LogP contribution in [0.1, 0.15) is 27.2 Å². The number of methoxy groups -OCH3 is 1. The van der Waals surface area contributed by atoms with E-state index in [1.807, 2.05) is 11.8 Å². The number of ether oxygens (including phenoxy) is 1. The molecule has 0 heterocycles. The highest BCUT2D eigenvalue weighted by Crippen LogP contribution is 2.20. The lowest BCUT2D eigenvalue weighted by Gasteiger charge is -2.22. The summed E-state index contributed by atoms with van der Waals surface area (Å²) < 4.78 is 5.31. The zero-order valence-electron chi connectivity index (χ0n) is 8.39. The van der Waals surface area contributed by atoms with Crippen LogP contribution in [-0.2, 0) is 4.74 Å². The fraction of sp³-hybridized carbons (Fsp3) is 1.00. The predicted molar refractivity (Wildman–Crippen MR) is 58.3 cm³/mol. The van der Waals surface area contributed by atoms with Crippen LogP contribution in [0, 0.1) is 0 Å². The number of rotatable bonds is 6. The van der Waals surface area contributed by atoms with Crippen molar-refractivity contribution in [3.63, 3.8) is 0 Å². The maximum Gasteiger partial charge on any atom is 0.0630 e. The quantitative estimate of drug-likeness (QED) is 0.623. The molecule has 0 aliphatic heterocycles. The molecule has 0 aliphatic carbocycles. The van der Waals surface area contributed by atoms with Gasteiger partial charge in [-0.05, 0) is 26.0 Å². The molecule has 0 aliphatic rings. The van der Waals surface area contributed by atoms with Gasteiger partial charge in [0.15, 0.2) is 0 Å². The Labute approximate surface area is 85.2 Å². The van der Waals surface area contributed by atoms with E-state index < -0.39 is 0 Å². The van der Waals surface area contributed by atoms with Crippen LogP contribution in [0.3, 0.4) is 0 Å². The standard InChI is InChI=1S/C9H19ClOS/c1-8(7-10)12-6-5-9(2,3)11-4/h8H,5-7H2,1-4H3. The van der Waals surface area contributed by atoms with E-state index >= 15 is 0 Å². The van der Waals surface area contributed by atoms with E-state index in [4.69, 9.17) is 16.3 Å². The first-order valence-electron chi connectivity index (χ1n) is 4.24. The Balaban J connectivity index is 3.42. The second-order valence-corrected chi connectivity index (χ2v) is 5.40. The first kappa shape index (κ1) is 12.6. The van der Waals surface area contributed by atoms with Crippen molar-refractivity contribution in [2.75, 3.05) is 18.7 Å². The summed E-state index contributed by atoms with van der Waals surface area (Å²) in [5.74, 6) is 1.85. The summed E-state index contributed by atoms with van der Waals surface area (Å²) in [5.41, 5.74) is 0.0129. The topological polar surface area (TPSA) is 9.23 Å². The highest BCUT2D eigenvalue weighted by atomic mass is 35.5. The summed E-state index contributed by atoms with van der Waals surface area (Å²) in [7, 11) is 1.76. The van der Waals surface area contributed by atoms with E-state index in [0.717, 1.165) is 18.1 Å². The molecule has 1 unspecified atom stereocenters. The molecule has 0 radical (unpaired) electrons. The van der Waals surface area contributed by atoms with Crippen LogP contribution in [0.5, 0.6) is 0 Å². The van der Waals surface area contributed by atoms with Gasteiger partial charge in [0.2, 0.25) is 0 Å². The molecule has 12 heavy (non-hydrogen) atoms. The zero-order chi connectivity index (χ0) is 9.61. The molecule has 0 N–H and O–H groups in total. The zero-order valence-corrected chi connectivity index (χ0v) is 9.97. The van der Waals surface area contributed by atoms with Crippen LogP contribution in [0.15, 0.2) is 0 Å². The maximum absolute atomic E-state index is 5.68. The Morgan fingerprint density at radius 2 is 2.08 bits per heavy atom. The third-order valence-corrected chi connectivity index (χ3v) is 3.70. The monoisotopic (exact) mass is 210 g/mol. The van der Waals surface area contributed by atoms with Crippen molar-refractivity contribution in [3.8, 4) is 0 Å². The van der Waals surface area contributed by atoms with Gasteiger partial charge in [-0.15, -0.1) is 11.6 Å². The van der Waals surface area contributed by atoms with E-state index in [1.54, 1.807) is 7.11 Å². The second-order valence-electron chi connectivity index (χ2n) is 3.55. The Morgan fingerprint density at radius 3 is 2.50 bits per heavy atom. The van der Waals surface area contributed by atoms with Crippen LogP contribution in [0.25, 0.3) is 0 Å². The molecule has 0 saturated heterocycles. The minimum atomic E-state index is 0.0129. The molecule has 0 aromatic rings. The first-order valence-corrected chi connectivity index (χ1v) is 5.83. The van der Waals surface area contributed by atoms with Crippen LogP contribution in [-0.4, -0.2) is 29.6 Å². The van der Waals surface area contributed by atoms with Gasteiger partial charge in [0.05, 0.1) is 5.60 Å². The van der Waals surface area contributed by atoms with Crippen LogP contribution in [0.4, 0.5) is 0 Å². The minimum Gasteiger partial charge on any atom is -0.379 e.